The van der Waals surface area contributed by atoms with Crippen molar-refractivity contribution in [3.63, 3.8) is 0 Å². The number of halogens is 1. The largest absolute Gasteiger partial charge is 0.465 e. The molecule has 3 rings (SSSR count). The van der Waals surface area contributed by atoms with Gasteiger partial charge in [0.15, 0.2) is 17.5 Å². The fourth-order valence-corrected chi connectivity index (χ4v) is 3.35. The number of nitrogens with one attached hydrogen (secondary N) is 3. The second-order valence-electron chi connectivity index (χ2n) is 7.75. The molecule has 12 heteroatoms. The average Bonchev–Trinajstić information content (AvgIpc) is 3.28. The van der Waals surface area contributed by atoms with E-state index in [0.29, 0.717) is 17.1 Å². The zero-order valence-corrected chi connectivity index (χ0v) is 18.5. The van der Waals surface area contributed by atoms with Crippen LogP contribution in [0.1, 0.15) is 32.0 Å². The quantitative estimate of drug-likeness (QED) is 0.402. The Kier molecular flexibility index (Phi) is 7.02. The molecule has 172 valence electrons. The van der Waals surface area contributed by atoms with Crippen LogP contribution in [0.25, 0.3) is 5.69 Å². The molecule has 0 unspecified atom stereocenters. The van der Waals surface area contributed by atoms with Gasteiger partial charge in [0.1, 0.15) is 11.8 Å². The van der Waals surface area contributed by atoms with Gasteiger partial charge in [0.05, 0.1) is 35.5 Å². The maximum atomic E-state index is 14.7. The highest BCUT2D eigenvalue weighted by Crippen LogP contribution is 2.26. The van der Waals surface area contributed by atoms with Crippen molar-refractivity contribution in [1.82, 2.24) is 30.3 Å². The molecule has 33 heavy (non-hydrogen) atoms. The smallest absolute Gasteiger partial charge is 0.404 e. The van der Waals surface area contributed by atoms with Gasteiger partial charge in [-0.3, -0.25) is 4.98 Å². The molecule has 0 saturated carbocycles. The summed E-state index contributed by atoms with van der Waals surface area (Å²) in [6.45, 7) is 7.23. The number of carboxylic acid groups (broad SMARTS) is 1. The molecule has 3 aromatic rings. The van der Waals surface area contributed by atoms with E-state index in [1.54, 1.807) is 26.1 Å². The van der Waals surface area contributed by atoms with Gasteiger partial charge in [-0.15, -0.1) is 4.80 Å². The fourth-order valence-electron chi connectivity index (χ4n) is 3.35. The van der Waals surface area contributed by atoms with Crippen LogP contribution in [0.4, 0.5) is 26.5 Å². The summed E-state index contributed by atoms with van der Waals surface area (Å²) in [5.41, 5.74) is 1.80. The van der Waals surface area contributed by atoms with Gasteiger partial charge in [-0.1, -0.05) is 13.8 Å². The number of amides is 1. The van der Waals surface area contributed by atoms with Crippen LogP contribution in [0, 0.1) is 30.0 Å². The number of carbonyl (C=O) groups is 1. The van der Waals surface area contributed by atoms with Crippen molar-refractivity contribution in [3.05, 3.63) is 47.8 Å². The average molecular weight is 453 g/mol. The first kappa shape index (κ1) is 23.4. The van der Waals surface area contributed by atoms with Crippen molar-refractivity contribution in [3.8, 4) is 11.8 Å². The predicted molar refractivity (Wildman–Crippen MR) is 119 cm³/mol. The molecule has 0 aliphatic heterocycles. The molecule has 0 saturated heterocycles. The fraction of sp³-hybridized carbons (Fsp3) is 0.333. The van der Waals surface area contributed by atoms with Crippen LogP contribution in [0.5, 0.6) is 0 Å². The molecule has 3 aromatic heterocycles. The van der Waals surface area contributed by atoms with Crippen LogP contribution in [0.3, 0.4) is 0 Å². The van der Waals surface area contributed by atoms with E-state index in [1.807, 2.05) is 19.9 Å². The monoisotopic (exact) mass is 453 g/mol. The lowest BCUT2D eigenvalue weighted by Crippen LogP contribution is -2.47. The number of rotatable bonds is 8. The van der Waals surface area contributed by atoms with Crippen molar-refractivity contribution >= 4 is 23.4 Å². The topological polar surface area (TPSA) is 154 Å². The lowest BCUT2D eigenvalue weighted by Gasteiger charge is -2.29. The van der Waals surface area contributed by atoms with E-state index < -0.39 is 24.0 Å². The first-order valence-corrected chi connectivity index (χ1v) is 10.2. The van der Waals surface area contributed by atoms with Crippen molar-refractivity contribution in [2.24, 2.45) is 5.92 Å². The first-order valence-electron chi connectivity index (χ1n) is 10.2. The Bertz CT molecular complexity index is 1180. The van der Waals surface area contributed by atoms with Gasteiger partial charge in [-0.05, 0) is 31.9 Å². The Balaban J connectivity index is 1.94. The number of pyridine rings is 2. The van der Waals surface area contributed by atoms with Gasteiger partial charge in [0.2, 0.25) is 0 Å². The van der Waals surface area contributed by atoms with E-state index in [1.165, 1.54) is 17.2 Å². The Morgan fingerprint density at radius 3 is 2.52 bits per heavy atom. The number of hydrogen-bond acceptors (Lipinski definition) is 8. The lowest BCUT2D eigenvalue weighted by atomic mass is 9.97. The van der Waals surface area contributed by atoms with Crippen LogP contribution in [0.2, 0.25) is 0 Å². The van der Waals surface area contributed by atoms with E-state index in [2.05, 4.69) is 36.1 Å². The molecule has 0 radical (unpaired) electrons. The van der Waals surface area contributed by atoms with Gasteiger partial charge in [-0.25, -0.2) is 14.2 Å². The van der Waals surface area contributed by atoms with E-state index in [9.17, 15) is 14.4 Å². The second-order valence-corrected chi connectivity index (χ2v) is 7.75. The summed E-state index contributed by atoms with van der Waals surface area (Å²) in [6.07, 6.45) is 3.45. The maximum absolute atomic E-state index is 14.7. The summed E-state index contributed by atoms with van der Waals surface area (Å²) < 4.78 is 14.7. The van der Waals surface area contributed by atoms with Crippen molar-refractivity contribution < 1.29 is 14.3 Å². The van der Waals surface area contributed by atoms with Crippen LogP contribution >= 0.6 is 0 Å². The molecule has 0 aliphatic rings. The number of aromatic nitrogens is 5. The summed E-state index contributed by atoms with van der Waals surface area (Å²) in [7, 11) is 0. The van der Waals surface area contributed by atoms with E-state index in [-0.39, 0.29) is 23.1 Å². The van der Waals surface area contributed by atoms with E-state index in [4.69, 9.17) is 5.11 Å². The molecule has 11 nitrogen and oxygen atoms in total. The third-order valence-electron chi connectivity index (χ3n) is 4.97. The summed E-state index contributed by atoms with van der Waals surface area (Å²) in [5.74, 6) is -0.768. The van der Waals surface area contributed by atoms with Crippen LogP contribution < -0.4 is 16.0 Å². The van der Waals surface area contributed by atoms with Crippen molar-refractivity contribution in [2.75, 3.05) is 10.6 Å². The van der Waals surface area contributed by atoms with Gasteiger partial charge in [0.25, 0.3) is 0 Å². The van der Waals surface area contributed by atoms with Gasteiger partial charge in [-0.2, -0.15) is 15.5 Å². The van der Waals surface area contributed by atoms with E-state index >= 15 is 0 Å². The summed E-state index contributed by atoms with van der Waals surface area (Å²) in [5, 5.41) is 35.1. The van der Waals surface area contributed by atoms with Crippen LogP contribution in [-0.4, -0.2) is 48.2 Å². The minimum atomic E-state index is -1.18. The predicted octanol–water partition coefficient (Wildman–Crippen LogP) is 3.21. The molecular weight excluding hydrogens is 429 g/mol. The molecule has 3 heterocycles. The van der Waals surface area contributed by atoms with Crippen LogP contribution in [0.15, 0.2) is 30.7 Å². The Hall–Kier alpha value is -4.27. The summed E-state index contributed by atoms with van der Waals surface area (Å²) >= 11 is 0. The zero-order valence-electron chi connectivity index (χ0n) is 18.5. The van der Waals surface area contributed by atoms with Gasteiger partial charge >= 0.3 is 6.09 Å². The molecule has 1 amide bonds. The molecule has 4 N–H and O–H groups in total. The normalized spacial score (nSPS) is 12.6. The standard InChI is InChI=1S/C21H24FN9O2/c1-11(2)18(13(4)27-21(32)33)29-20-16(22)7-14(9-23)19(30-20)28-15-8-17(12(3)24-10-15)31-25-5-6-26-31/h5-8,10-11,13,18,27H,1-4H3,(H,32,33)(H2,28,29,30)/t13-,18+/m0/s1. The Morgan fingerprint density at radius 2 is 1.91 bits per heavy atom. The minimum absolute atomic E-state index is 0.00445. The van der Waals surface area contributed by atoms with Crippen LogP contribution in [-0.2, 0) is 0 Å². The molecule has 0 aromatic carbocycles. The zero-order chi connectivity index (χ0) is 24.1. The van der Waals surface area contributed by atoms with Crippen molar-refractivity contribution in [1.29, 1.82) is 5.26 Å². The summed E-state index contributed by atoms with van der Waals surface area (Å²) in [6, 6.07) is 3.75. The third kappa shape index (κ3) is 5.51. The highest BCUT2D eigenvalue weighted by molar-refractivity contribution is 5.67. The molecule has 0 fully saturated rings. The molecule has 0 spiro atoms. The first-order chi connectivity index (χ1) is 15.7. The molecule has 0 aliphatic carbocycles. The number of anilines is 3. The van der Waals surface area contributed by atoms with Crippen molar-refractivity contribution in [2.45, 2.75) is 39.8 Å². The number of nitriles is 1. The van der Waals surface area contributed by atoms with Gasteiger partial charge in [0, 0.05) is 12.1 Å². The minimum Gasteiger partial charge on any atom is -0.465 e. The number of nitrogens with zero attached hydrogens (tertiary/aromatic N) is 6. The second kappa shape index (κ2) is 9.90. The highest BCUT2D eigenvalue weighted by Gasteiger charge is 2.25. The van der Waals surface area contributed by atoms with E-state index in [0.717, 1.165) is 6.07 Å². The van der Waals surface area contributed by atoms with Gasteiger partial charge < -0.3 is 21.1 Å². The number of aryl methyl sites for hydroxylation is 1. The number of hydrogen-bond donors (Lipinski definition) is 4. The molecular formula is C21H24FN9O2. The highest BCUT2D eigenvalue weighted by atomic mass is 19.1. The third-order valence-corrected chi connectivity index (χ3v) is 4.97. The Morgan fingerprint density at radius 1 is 1.21 bits per heavy atom. The lowest BCUT2D eigenvalue weighted by molar-refractivity contribution is 0.188. The maximum Gasteiger partial charge on any atom is 0.404 e. The summed E-state index contributed by atoms with van der Waals surface area (Å²) in [4.78, 5) is 21.1. The molecule has 2 atom stereocenters. The SMILES string of the molecule is Cc1ncc(Nc2nc(N[C@H](C(C)C)[C@H](C)NC(=O)O)c(F)cc2C#N)cc1-n1nccn1. The Labute approximate surface area is 189 Å². The molecule has 0 bridgehead atoms.